The van der Waals surface area contributed by atoms with Crippen molar-refractivity contribution < 1.29 is 0 Å². The number of hydrogen-bond acceptors (Lipinski definition) is 2. The summed E-state index contributed by atoms with van der Waals surface area (Å²) in [4.78, 5) is 0. The lowest BCUT2D eigenvalue weighted by Gasteiger charge is -2.26. The topological polar surface area (TPSA) is 24.1 Å². The van der Waals surface area contributed by atoms with E-state index in [1.807, 2.05) is 0 Å². The molecule has 1 saturated heterocycles. The lowest BCUT2D eigenvalue weighted by Crippen LogP contribution is -2.35. The van der Waals surface area contributed by atoms with Crippen molar-refractivity contribution >= 4 is 13.2 Å². The fourth-order valence-electron chi connectivity index (χ4n) is 3.19. The first-order chi connectivity index (χ1) is 8.36. The molecule has 2 nitrogen and oxygen atoms in total. The minimum atomic E-state index is -0.0981. The van der Waals surface area contributed by atoms with Gasteiger partial charge in [-0.1, -0.05) is 43.2 Å². The van der Waals surface area contributed by atoms with Crippen molar-refractivity contribution in [3.05, 3.63) is 30.3 Å². The minimum Gasteiger partial charge on any atom is -0.250 e. The smallest absolute Gasteiger partial charge is 0.0494 e. The second kappa shape index (κ2) is 5.06. The van der Waals surface area contributed by atoms with Gasteiger partial charge in [-0.2, -0.15) is 0 Å². The van der Waals surface area contributed by atoms with Crippen LogP contribution in [0.25, 0.3) is 0 Å². The zero-order valence-electron chi connectivity index (χ0n) is 10.4. The van der Waals surface area contributed by atoms with Gasteiger partial charge in [0.2, 0.25) is 0 Å². The molecule has 1 heterocycles. The lowest BCUT2D eigenvalue weighted by atomic mass is 10.1. The predicted molar refractivity (Wildman–Crippen MR) is 74.5 cm³/mol. The molecule has 0 bridgehead atoms. The number of nitrogens with one attached hydrogen (secondary N) is 2. The quantitative estimate of drug-likeness (QED) is 0.786. The second-order valence-corrected chi connectivity index (χ2v) is 7.86. The van der Waals surface area contributed by atoms with E-state index < -0.39 is 0 Å². The van der Waals surface area contributed by atoms with E-state index in [1.54, 1.807) is 5.30 Å². The zero-order valence-corrected chi connectivity index (χ0v) is 11.3. The third-order valence-electron chi connectivity index (χ3n) is 4.06. The predicted octanol–water partition coefficient (Wildman–Crippen LogP) is 2.76. The van der Waals surface area contributed by atoms with Crippen molar-refractivity contribution in [3.63, 3.8) is 0 Å². The first-order valence-corrected chi connectivity index (χ1v) is 8.19. The second-order valence-electron chi connectivity index (χ2n) is 5.20. The molecular weight excluding hydrogens is 227 g/mol. The first kappa shape index (κ1) is 11.6. The molecule has 1 aliphatic carbocycles. The van der Waals surface area contributed by atoms with Crippen LogP contribution in [-0.2, 0) is 0 Å². The van der Waals surface area contributed by atoms with Crippen LogP contribution >= 0.6 is 7.92 Å². The fraction of sp³-hybridized carbons (Fsp3) is 0.571. The molecule has 0 aromatic heterocycles. The van der Waals surface area contributed by atoms with Crippen LogP contribution in [0.5, 0.6) is 0 Å². The fourth-order valence-corrected chi connectivity index (χ4v) is 6.13. The van der Waals surface area contributed by atoms with E-state index in [4.69, 9.17) is 0 Å². The van der Waals surface area contributed by atoms with Gasteiger partial charge in [0.15, 0.2) is 0 Å². The number of hydrazine groups is 1. The van der Waals surface area contributed by atoms with Crippen LogP contribution in [0.1, 0.15) is 32.6 Å². The number of hydrogen-bond donors (Lipinski definition) is 2. The Balaban J connectivity index is 1.84. The van der Waals surface area contributed by atoms with E-state index in [9.17, 15) is 0 Å². The van der Waals surface area contributed by atoms with Crippen LogP contribution in [0.4, 0.5) is 0 Å². The van der Waals surface area contributed by atoms with Crippen molar-refractivity contribution in [2.75, 3.05) is 0 Å². The Morgan fingerprint density at radius 1 is 1.06 bits per heavy atom. The molecule has 92 valence electrons. The molecule has 1 saturated carbocycles. The molecular formula is C14H21N2P. The van der Waals surface area contributed by atoms with Crippen LogP contribution < -0.4 is 16.2 Å². The molecule has 2 fully saturated rings. The summed E-state index contributed by atoms with van der Waals surface area (Å²) in [6.45, 7) is 2.32. The Morgan fingerprint density at radius 3 is 2.47 bits per heavy atom. The largest absolute Gasteiger partial charge is 0.250 e. The summed E-state index contributed by atoms with van der Waals surface area (Å²) >= 11 is 0. The highest BCUT2D eigenvalue weighted by molar-refractivity contribution is 7.67. The van der Waals surface area contributed by atoms with Gasteiger partial charge in [0.1, 0.15) is 0 Å². The maximum atomic E-state index is 3.58. The first-order valence-electron chi connectivity index (χ1n) is 6.71. The third-order valence-corrected chi connectivity index (χ3v) is 7.07. The van der Waals surface area contributed by atoms with E-state index in [1.165, 1.54) is 25.7 Å². The van der Waals surface area contributed by atoms with Crippen molar-refractivity contribution in [2.45, 2.75) is 44.2 Å². The highest BCUT2D eigenvalue weighted by Gasteiger charge is 2.39. The van der Waals surface area contributed by atoms with Crippen LogP contribution in [0.2, 0.25) is 0 Å². The average molecular weight is 248 g/mol. The number of rotatable bonds is 2. The van der Waals surface area contributed by atoms with Crippen molar-refractivity contribution in [1.82, 2.24) is 10.9 Å². The minimum absolute atomic E-state index is 0.0981. The Kier molecular flexibility index (Phi) is 3.46. The van der Waals surface area contributed by atoms with E-state index >= 15 is 0 Å². The van der Waals surface area contributed by atoms with Crippen molar-refractivity contribution in [2.24, 2.45) is 5.92 Å². The standard InChI is InChI=1S/C14H21N2P/c1-11-15-16-14(12-7-5-6-8-12)17(11)13-9-3-2-4-10-13/h2-4,9-12,14-16H,5-8H2,1H3/t11-,14-,17-/m0/s1. The van der Waals surface area contributed by atoms with Gasteiger partial charge in [0, 0.05) is 11.6 Å². The Morgan fingerprint density at radius 2 is 1.76 bits per heavy atom. The summed E-state index contributed by atoms with van der Waals surface area (Å²) in [6, 6.07) is 11.1. The molecule has 3 atom stereocenters. The van der Waals surface area contributed by atoms with Gasteiger partial charge in [0.05, 0.1) is 0 Å². The van der Waals surface area contributed by atoms with Gasteiger partial charge in [-0.05, 0) is 38.9 Å². The van der Waals surface area contributed by atoms with E-state index in [2.05, 4.69) is 48.1 Å². The molecule has 0 radical (unpaired) electrons. The van der Waals surface area contributed by atoms with Gasteiger partial charge < -0.3 is 0 Å². The Bertz CT molecular complexity index is 362. The van der Waals surface area contributed by atoms with Crippen LogP contribution in [0.3, 0.4) is 0 Å². The van der Waals surface area contributed by atoms with Crippen molar-refractivity contribution in [1.29, 1.82) is 0 Å². The van der Waals surface area contributed by atoms with Crippen LogP contribution in [-0.4, -0.2) is 11.6 Å². The normalized spacial score (nSPS) is 34.3. The highest BCUT2D eigenvalue weighted by Crippen LogP contribution is 2.51. The molecule has 0 spiro atoms. The Labute approximate surface area is 105 Å². The molecule has 0 unspecified atom stereocenters. The SMILES string of the molecule is C[C@H]1NN[C@H](C2CCCC2)[P@]1c1ccccc1. The van der Waals surface area contributed by atoms with Crippen LogP contribution in [0, 0.1) is 5.92 Å². The molecule has 3 heteroatoms. The van der Waals surface area contributed by atoms with Gasteiger partial charge in [0.25, 0.3) is 0 Å². The van der Waals surface area contributed by atoms with E-state index in [0.717, 1.165) is 5.92 Å². The Hall–Kier alpha value is -0.430. The maximum absolute atomic E-state index is 3.58. The highest BCUT2D eigenvalue weighted by atomic mass is 31.1. The van der Waals surface area contributed by atoms with Gasteiger partial charge in [-0.15, -0.1) is 0 Å². The van der Waals surface area contributed by atoms with E-state index in [-0.39, 0.29) is 7.92 Å². The average Bonchev–Trinajstić information content (AvgIpc) is 2.98. The van der Waals surface area contributed by atoms with E-state index in [0.29, 0.717) is 11.6 Å². The zero-order chi connectivity index (χ0) is 11.7. The van der Waals surface area contributed by atoms with Gasteiger partial charge in [-0.25, -0.2) is 10.9 Å². The monoisotopic (exact) mass is 248 g/mol. The maximum Gasteiger partial charge on any atom is 0.0494 e. The summed E-state index contributed by atoms with van der Waals surface area (Å²) in [6.07, 6.45) is 5.68. The molecule has 1 aliphatic heterocycles. The molecule has 2 aliphatic rings. The summed E-state index contributed by atoms with van der Waals surface area (Å²) in [7, 11) is -0.0981. The lowest BCUT2D eigenvalue weighted by molar-refractivity contribution is 0.428. The molecule has 3 rings (SSSR count). The third kappa shape index (κ3) is 2.27. The number of benzene rings is 1. The summed E-state index contributed by atoms with van der Waals surface area (Å²) in [5.74, 6) is 2.17. The van der Waals surface area contributed by atoms with Gasteiger partial charge in [-0.3, -0.25) is 0 Å². The molecule has 17 heavy (non-hydrogen) atoms. The van der Waals surface area contributed by atoms with Crippen LogP contribution in [0.15, 0.2) is 30.3 Å². The molecule has 1 aromatic rings. The molecule has 1 aromatic carbocycles. The summed E-state index contributed by atoms with van der Waals surface area (Å²) in [5, 5.41) is 1.55. The van der Waals surface area contributed by atoms with Gasteiger partial charge >= 0.3 is 0 Å². The molecule has 2 N–H and O–H groups in total. The summed E-state index contributed by atoms with van der Waals surface area (Å²) in [5.41, 5.74) is 7.05. The summed E-state index contributed by atoms with van der Waals surface area (Å²) < 4.78 is 0. The van der Waals surface area contributed by atoms with Crippen molar-refractivity contribution in [3.8, 4) is 0 Å². The molecule has 0 amide bonds.